The van der Waals surface area contributed by atoms with Crippen LogP contribution in [-0.2, 0) is 0 Å². The molecule has 0 saturated carbocycles. The molecule has 0 spiro atoms. The maximum Gasteiger partial charge on any atom is 0.194 e. The van der Waals surface area contributed by atoms with E-state index in [1.807, 2.05) is 0 Å². The predicted octanol–water partition coefficient (Wildman–Crippen LogP) is 3.11. The van der Waals surface area contributed by atoms with Crippen molar-refractivity contribution in [2.75, 3.05) is 13.1 Å². The van der Waals surface area contributed by atoms with E-state index < -0.39 is 0 Å². The summed E-state index contributed by atoms with van der Waals surface area (Å²) in [7, 11) is 0. The second-order valence-electron chi connectivity index (χ2n) is 4.31. The van der Waals surface area contributed by atoms with Crippen molar-refractivity contribution in [1.29, 1.82) is 0 Å². The molecular formula is C13H19N3S. The SMILES string of the molecule is CCCNCC(C)=Cc1c(C)nc2sccn12. The lowest BCUT2D eigenvalue weighted by Crippen LogP contribution is -2.16. The van der Waals surface area contributed by atoms with Crippen LogP contribution in [0.1, 0.15) is 31.7 Å². The summed E-state index contributed by atoms with van der Waals surface area (Å²) in [6, 6.07) is 0. The highest BCUT2D eigenvalue weighted by Gasteiger charge is 2.06. The first-order chi connectivity index (χ1) is 8.22. The second kappa shape index (κ2) is 5.47. The Balaban J connectivity index is 2.18. The molecule has 2 aromatic heterocycles. The van der Waals surface area contributed by atoms with Gasteiger partial charge in [0, 0.05) is 18.1 Å². The minimum absolute atomic E-state index is 0.949. The molecule has 0 unspecified atom stereocenters. The molecule has 0 aliphatic carbocycles. The zero-order valence-electron chi connectivity index (χ0n) is 10.7. The largest absolute Gasteiger partial charge is 0.313 e. The fraction of sp³-hybridized carbons (Fsp3) is 0.462. The Morgan fingerprint density at radius 2 is 2.41 bits per heavy atom. The lowest BCUT2D eigenvalue weighted by atomic mass is 10.2. The minimum Gasteiger partial charge on any atom is -0.313 e. The van der Waals surface area contributed by atoms with Crippen LogP contribution in [0.3, 0.4) is 0 Å². The third-order valence-corrected chi connectivity index (χ3v) is 3.45. The Kier molecular flexibility index (Phi) is 3.97. The van der Waals surface area contributed by atoms with Gasteiger partial charge in [0.15, 0.2) is 4.96 Å². The van der Waals surface area contributed by atoms with Crippen LogP contribution in [0.25, 0.3) is 11.0 Å². The van der Waals surface area contributed by atoms with E-state index >= 15 is 0 Å². The number of nitrogens with zero attached hydrogens (tertiary/aromatic N) is 2. The third kappa shape index (κ3) is 2.76. The molecule has 0 aromatic carbocycles. The number of hydrogen-bond donors (Lipinski definition) is 1. The molecule has 0 aliphatic rings. The van der Waals surface area contributed by atoms with Gasteiger partial charge in [-0.25, -0.2) is 4.98 Å². The number of imidazole rings is 1. The lowest BCUT2D eigenvalue weighted by Gasteiger charge is -2.03. The van der Waals surface area contributed by atoms with Crippen molar-refractivity contribution >= 4 is 22.4 Å². The molecule has 0 radical (unpaired) electrons. The van der Waals surface area contributed by atoms with Crippen molar-refractivity contribution in [2.45, 2.75) is 27.2 Å². The molecule has 3 nitrogen and oxygen atoms in total. The summed E-state index contributed by atoms with van der Waals surface area (Å²) in [5.41, 5.74) is 3.65. The van der Waals surface area contributed by atoms with Crippen LogP contribution >= 0.6 is 11.3 Å². The van der Waals surface area contributed by atoms with Crippen LogP contribution in [0.4, 0.5) is 0 Å². The van der Waals surface area contributed by atoms with Crippen LogP contribution in [0.15, 0.2) is 17.2 Å². The molecule has 92 valence electrons. The highest BCUT2D eigenvalue weighted by molar-refractivity contribution is 7.15. The van der Waals surface area contributed by atoms with E-state index in [9.17, 15) is 0 Å². The maximum absolute atomic E-state index is 4.54. The molecule has 1 N–H and O–H groups in total. The van der Waals surface area contributed by atoms with Crippen molar-refractivity contribution < 1.29 is 0 Å². The molecule has 0 aliphatic heterocycles. The van der Waals surface area contributed by atoms with Gasteiger partial charge < -0.3 is 5.32 Å². The van der Waals surface area contributed by atoms with Crippen LogP contribution in [0.5, 0.6) is 0 Å². The lowest BCUT2D eigenvalue weighted by molar-refractivity contribution is 0.715. The first-order valence-corrected chi connectivity index (χ1v) is 6.90. The summed E-state index contributed by atoms with van der Waals surface area (Å²) in [5.74, 6) is 0. The van der Waals surface area contributed by atoms with Gasteiger partial charge in [-0.3, -0.25) is 4.40 Å². The van der Waals surface area contributed by atoms with E-state index in [1.165, 1.54) is 17.7 Å². The van der Waals surface area contributed by atoms with E-state index in [0.29, 0.717) is 0 Å². The van der Waals surface area contributed by atoms with Crippen molar-refractivity contribution in [3.05, 3.63) is 28.5 Å². The topological polar surface area (TPSA) is 29.3 Å². The van der Waals surface area contributed by atoms with E-state index in [0.717, 1.165) is 23.7 Å². The summed E-state index contributed by atoms with van der Waals surface area (Å²) >= 11 is 1.68. The quantitative estimate of drug-likeness (QED) is 0.825. The van der Waals surface area contributed by atoms with Crippen LogP contribution < -0.4 is 5.32 Å². The smallest absolute Gasteiger partial charge is 0.194 e. The van der Waals surface area contributed by atoms with E-state index in [-0.39, 0.29) is 0 Å². The standard InChI is InChI=1S/C13H19N3S/c1-4-5-14-9-10(2)8-12-11(3)15-13-16(12)6-7-17-13/h6-8,14H,4-5,9H2,1-3H3. The summed E-state index contributed by atoms with van der Waals surface area (Å²) in [6.07, 6.45) is 5.48. The molecule has 0 bridgehead atoms. The van der Waals surface area contributed by atoms with Gasteiger partial charge in [0.1, 0.15) is 0 Å². The van der Waals surface area contributed by atoms with Crippen LogP contribution in [0.2, 0.25) is 0 Å². The fourth-order valence-electron chi connectivity index (χ4n) is 1.83. The number of nitrogens with one attached hydrogen (secondary N) is 1. The highest BCUT2D eigenvalue weighted by atomic mass is 32.1. The molecule has 0 fully saturated rings. The Hall–Kier alpha value is -1.13. The summed E-state index contributed by atoms with van der Waals surface area (Å²) in [4.78, 5) is 5.61. The fourth-order valence-corrected chi connectivity index (χ4v) is 2.60. The van der Waals surface area contributed by atoms with E-state index in [2.05, 4.69) is 53.1 Å². The Bertz CT molecular complexity index is 522. The number of fused-ring (bicyclic) bond motifs is 1. The monoisotopic (exact) mass is 249 g/mol. The second-order valence-corrected chi connectivity index (χ2v) is 5.18. The maximum atomic E-state index is 4.54. The molecule has 4 heteroatoms. The van der Waals surface area contributed by atoms with Crippen molar-refractivity contribution in [2.24, 2.45) is 0 Å². The molecule has 0 saturated heterocycles. The minimum atomic E-state index is 0.949. The van der Waals surface area contributed by atoms with Gasteiger partial charge in [-0.1, -0.05) is 12.5 Å². The number of aromatic nitrogens is 2. The Labute approximate surface area is 106 Å². The molecule has 2 rings (SSSR count). The van der Waals surface area contributed by atoms with E-state index in [4.69, 9.17) is 0 Å². The molecule has 17 heavy (non-hydrogen) atoms. The number of aryl methyl sites for hydroxylation is 1. The van der Waals surface area contributed by atoms with Gasteiger partial charge in [0.05, 0.1) is 11.4 Å². The number of hydrogen-bond acceptors (Lipinski definition) is 3. The van der Waals surface area contributed by atoms with Crippen molar-refractivity contribution in [1.82, 2.24) is 14.7 Å². The van der Waals surface area contributed by atoms with Gasteiger partial charge in [-0.05, 0) is 32.9 Å². The van der Waals surface area contributed by atoms with Gasteiger partial charge in [-0.2, -0.15) is 0 Å². The van der Waals surface area contributed by atoms with Gasteiger partial charge >= 0.3 is 0 Å². The average Bonchev–Trinajstić information content (AvgIpc) is 2.83. The average molecular weight is 249 g/mol. The summed E-state index contributed by atoms with van der Waals surface area (Å²) < 4.78 is 2.16. The Morgan fingerprint density at radius 1 is 1.59 bits per heavy atom. The molecule has 0 amide bonds. The Morgan fingerprint density at radius 3 is 3.18 bits per heavy atom. The van der Waals surface area contributed by atoms with Crippen LogP contribution in [-0.4, -0.2) is 22.5 Å². The summed E-state index contributed by atoms with van der Waals surface area (Å²) in [5, 5.41) is 5.49. The van der Waals surface area contributed by atoms with Gasteiger partial charge in [-0.15, -0.1) is 11.3 Å². The third-order valence-electron chi connectivity index (χ3n) is 2.70. The first-order valence-electron chi connectivity index (χ1n) is 6.02. The summed E-state index contributed by atoms with van der Waals surface area (Å²) in [6.45, 7) is 8.43. The molecule has 2 heterocycles. The van der Waals surface area contributed by atoms with Gasteiger partial charge in [0.2, 0.25) is 0 Å². The molecular weight excluding hydrogens is 230 g/mol. The van der Waals surface area contributed by atoms with E-state index in [1.54, 1.807) is 11.3 Å². The normalized spacial score (nSPS) is 12.5. The number of thiazole rings is 1. The molecule has 0 atom stereocenters. The van der Waals surface area contributed by atoms with Crippen LogP contribution in [0, 0.1) is 6.92 Å². The zero-order valence-corrected chi connectivity index (χ0v) is 11.5. The van der Waals surface area contributed by atoms with Crippen molar-refractivity contribution in [3.63, 3.8) is 0 Å². The first kappa shape index (κ1) is 12.3. The predicted molar refractivity (Wildman–Crippen MR) is 74.6 cm³/mol. The van der Waals surface area contributed by atoms with Gasteiger partial charge in [0.25, 0.3) is 0 Å². The zero-order chi connectivity index (χ0) is 12.3. The number of rotatable bonds is 5. The highest BCUT2D eigenvalue weighted by Crippen LogP contribution is 2.18. The molecule has 2 aromatic rings. The van der Waals surface area contributed by atoms with Crippen molar-refractivity contribution in [3.8, 4) is 0 Å².